The number of piperidine rings is 1. The molecule has 6 rings (SSSR count). The topological polar surface area (TPSA) is 57.7 Å². The second kappa shape index (κ2) is 8.90. The second-order valence-corrected chi connectivity index (χ2v) is 9.92. The average molecular weight is 477 g/mol. The van der Waals surface area contributed by atoms with Crippen molar-refractivity contribution in [3.05, 3.63) is 114 Å². The fourth-order valence-electron chi connectivity index (χ4n) is 6.37. The Hall–Kier alpha value is -3.99. The Labute approximate surface area is 211 Å². The van der Waals surface area contributed by atoms with Gasteiger partial charge < -0.3 is 4.90 Å². The van der Waals surface area contributed by atoms with Crippen LogP contribution in [0, 0.1) is 17.8 Å². The molecule has 2 fully saturated rings. The molecule has 1 aliphatic carbocycles. The molecule has 0 spiro atoms. The van der Waals surface area contributed by atoms with Crippen LogP contribution in [0.2, 0.25) is 0 Å². The number of para-hydroxylation sites is 1. The number of allylic oxidation sites excluding steroid dienone is 2. The molecule has 3 aliphatic rings. The van der Waals surface area contributed by atoms with Crippen LogP contribution in [0.4, 0.5) is 5.69 Å². The maximum atomic E-state index is 14.0. The van der Waals surface area contributed by atoms with Crippen molar-refractivity contribution >= 4 is 23.4 Å². The molecule has 3 amide bonds. The standard InChI is InChI=1S/C31H28N2O3/c1-20(21-11-5-2-6-12-21)32-26-19-25(22-13-7-3-8-14-22)29-28(24(26)17-18-27(32)34)30(35)33(31(29)36)23-15-9-4-10-16-23/h2-16,19-20,24-25,28-29H,17-18H2,1H3/t20-,24-,25-,28-,29+/m1/s1. The summed E-state index contributed by atoms with van der Waals surface area (Å²) >= 11 is 0. The van der Waals surface area contributed by atoms with Crippen molar-refractivity contribution in [1.29, 1.82) is 0 Å². The van der Waals surface area contributed by atoms with Gasteiger partial charge >= 0.3 is 0 Å². The number of anilines is 1. The minimum Gasteiger partial charge on any atom is -0.309 e. The minimum absolute atomic E-state index is 0.0656. The number of nitrogens with zero attached hydrogens (tertiary/aromatic N) is 2. The van der Waals surface area contributed by atoms with Gasteiger partial charge in [0.25, 0.3) is 0 Å². The number of hydrogen-bond acceptors (Lipinski definition) is 3. The van der Waals surface area contributed by atoms with Crippen molar-refractivity contribution in [2.24, 2.45) is 17.8 Å². The summed E-state index contributed by atoms with van der Waals surface area (Å²) in [5.74, 6) is -1.70. The van der Waals surface area contributed by atoms with Gasteiger partial charge in [-0.2, -0.15) is 0 Å². The molecule has 3 aromatic carbocycles. The van der Waals surface area contributed by atoms with E-state index in [4.69, 9.17) is 0 Å². The summed E-state index contributed by atoms with van der Waals surface area (Å²) in [6.07, 6.45) is 3.05. The zero-order chi connectivity index (χ0) is 24.8. The van der Waals surface area contributed by atoms with E-state index in [0.29, 0.717) is 18.5 Å². The van der Waals surface area contributed by atoms with Gasteiger partial charge in [0.1, 0.15) is 0 Å². The third kappa shape index (κ3) is 3.49. The van der Waals surface area contributed by atoms with E-state index in [1.165, 1.54) is 4.90 Å². The predicted octanol–water partition coefficient (Wildman–Crippen LogP) is 5.47. The normalized spacial score (nSPS) is 26.4. The van der Waals surface area contributed by atoms with Crippen LogP contribution in [0.1, 0.15) is 42.9 Å². The number of likely N-dealkylation sites (tertiary alicyclic amines) is 1. The Morgan fingerprint density at radius 1 is 0.750 bits per heavy atom. The quantitative estimate of drug-likeness (QED) is 0.469. The Balaban J connectivity index is 1.49. The molecule has 36 heavy (non-hydrogen) atoms. The fourth-order valence-corrected chi connectivity index (χ4v) is 6.37. The fraction of sp³-hybridized carbons (Fsp3) is 0.258. The number of carbonyl (C=O) groups is 3. The predicted molar refractivity (Wildman–Crippen MR) is 138 cm³/mol. The van der Waals surface area contributed by atoms with E-state index in [0.717, 1.165) is 16.8 Å². The molecule has 0 unspecified atom stereocenters. The largest absolute Gasteiger partial charge is 0.309 e. The van der Waals surface area contributed by atoms with Gasteiger partial charge in [0, 0.05) is 24.0 Å². The molecule has 2 heterocycles. The van der Waals surface area contributed by atoms with Crippen molar-refractivity contribution < 1.29 is 14.4 Å². The first-order valence-electron chi connectivity index (χ1n) is 12.6. The van der Waals surface area contributed by atoms with Crippen molar-refractivity contribution in [1.82, 2.24) is 4.90 Å². The summed E-state index contributed by atoms with van der Waals surface area (Å²) in [7, 11) is 0. The van der Waals surface area contributed by atoms with Crippen LogP contribution in [0.15, 0.2) is 103 Å². The molecule has 0 bridgehead atoms. The number of rotatable bonds is 4. The maximum Gasteiger partial charge on any atom is 0.238 e. The molecule has 0 saturated carbocycles. The van der Waals surface area contributed by atoms with Crippen molar-refractivity contribution in [2.45, 2.75) is 31.7 Å². The molecule has 0 N–H and O–H groups in total. The zero-order valence-electron chi connectivity index (χ0n) is 20.2. The lowest BCUT2D eigenvalue weighted by Crippen LogP contribution is -2.47. The van der Waals surface area contributed by atoms with Crippen molar-refractivity contribution in [3.63, 3.8) is 0 Å². The highest BCUT2D eigenvalue weighted by molar-refractivity contribution is 6.22. The molecule has 2 aliphatic heterocycles. The van der Waals surface area contributed by atoms with Crippen LogP contribution in [0.5, 0.6) is 0 Å². The molecule has 180 valence electrons. The summed E-state index contributed by atoms with van der Waals surface area (Å²) in [4.78, 5) is 44.5. The van der Waals surface area contributed by atoms with Crippen LogP contribution < -0.4 is 4.90 Å². The van der Waals surface area contributed by atoms with Crippen LogP contribution in [0.25, 0.3) is 0 Å². The maximum absolute atomic E-state index is 14.0. The summed E-state index contributed by atoms with van der Waals surface area (Å²) in [5, 5.41) is 0. The summed E-state index contributed by atoms with van der Waals surface area (Å²) in [5.41, 5.74) is 3.52. The Kier molecular flexibility index (Phi) is 5.56. The number of amides is 3. The van der Waals surface area contributed by atoms with Crippen LogP contribution in [0.3, 0.4) is 0 Å². The van der Waals surface area contributed by atoms with Gasteiger partial charge in [-0.1, -0.05) is 84.9 Å². The lowest BCUT2D eigenvalue weighted by molar-refractivity contribution is -0.136. The lowest BCUT2D eigenvalue weighted by Gasteiger charge is -2.46. The van der Waals surface area contributed by atoms with Crippen LogP contribution in [-0.4, -0.2) is 22.6 Å². The first-order chi connectivity index (χ1) is 17.6. The van der Waals surface area contributed by atoms with Gasteiger partial charge in [-0.3, -0.25) is 19.3 Å². The van der Waals surface area contributed by atoms with E-state index in [1.54, 1.807) is 0 Å². The highest BCUT2D eigenvalue weighted by Gasteiger charge is 2.58. The molecule has 3 aromatic rings. The molecule has 5 nitrogen and oxygen atoms in total. The summed E-state index contributed by atoms with van der Waals surface area (Å²) < 4.78 is 0. The van der Waals surface area contributed by atoms with E-state index in [-0.39, 0.29) is 35.6 Å². The first-order valence-corrected chi connectivity index (χ1v) is 12.6. The second-order valence-electron chi connectivity index (χ2n) is 9.92. The number of imide groups is 1. The Morgan fingerprint density at radius 2 is 1.33 bits per heavy atom. The lowest BCUT2D eigenvalue weighted by atomic mass is 9.65. The summed E-state index contributed by atoms with van der Waals surface area (Å²) in [6.45, 7) is 2.04. The SMILES string of the molecule is C[C@H](c1ccccc1)N1C(=O)CC[C@@H]2C1=C[C@H](c1ccccc1)[C@@H]1C(=O)N(c3ccccc3)C(=O)[C@@H]12. The number of hydrogen-bond donors (Lipinski definition) is 0. The van der Waals surface area contributed by atoms with Crippen molar-refractivity contribution in [3.8, 4) is 0 Å². The smallest absolute Gasteiger partial charge is 0.238 e. The third-order valence-corrected chi connectivity index (χ3v) is 8.03. The van der Waals surface area contributed by atoms with E-state index >= 15 is 0 Å². The van der Waals surface area contributed by atoms with Crippen LogP contribution >= 0.6 is 0 Å². The minimum atomic E-state index is -0.499. The first kappa shape index (κ1) is 22.5. The van der Waals surface area contributed by atoms with Gasteiger partial charge in [0.2, 0.25) is 17.7 Å². The number of fused-ring (bicyclic) bond motifs is 3. The van der Waals surface area contributed by atoms with E-state index in [1.807, 2.05) is 103 Å². The van der Waals surface area contributed by atoms with Gasteiger partial charge in [0.05, 0.1) is 23.6 Å². The molecule has 5 atom stereocenters. The van der Waals surface area contributed by atoms with Gasteiger partial charge in [-0.15, -0.1) is 0 Å². The van der Waals surface area contributed by atoms with Gasteiger partial charge in [-0.25, -0.2) is 0 Å². The molecule has 2 saturated heterocycles. The Morgan fingerprint density at radius 3 is 2.00 bits per heavy atom. The van der Waals surface area contributed by atoms with Crippen molar-refractivity contribution in [2.75, 3.05) is 4.90 Å². The van der Waals surface area contributed by atoms with E-state index in [9.17, 15) is 14.4 Å². The molecule has 5 heteroatoms. The average Bonchev–Trinajstić information content (AvgIpc) is 3.19. The summed E-state index contributed by atoms with van der Waals surface area (Å²) in [6, 6.07) is 28.9. The van der Waals surface area contributed by atoms with Gasteiger partial charge in [-0.05, 0) is 36.6 Å². The molecular weight excluding hydrogens is 448 g/mol. The zero-order valence-corrected chi connectivity index (χ0v) is 20.2. The number of carbonyl (C=O) groups excluding carboxylic acids is 3. The molecule has 0 radical (unpaired) electrons. The highest BCUT2D eigenvalue weighted by Crippen LogP contribution is 2.53. The number of benzene rings is 3. The third-order valence-electron chi connectivity index (χ3n) is 8.03. The monoisotopic (exact) mass is 476 g/mol. The van der Waals surface area contributed by atoms with Crippen LogP contribution in [-0.2, 0) is 14.4 Å². The van der Waals surface area contributed by atoms with Gasteiger partial charge in [0.15, 0.2) is 0 Å². The van der Waals surface area contributed by atoms with E-state index in [2.05, 4.69) is 6.08 Å². The highest BCUT2D eigenvalue weighted by atomic mass is 16.2. The Bertz CT molecular complexity index is 1340. The molecule has 0 aromatic heterocycles. The molecular formula is C31H28N2O3. The van der Waals surface area contributed by atoms with E-state index < -0.39 is 11.8 Å².